The number of nitrogen functional groups attached to an aromatic ring is 1. The second-order valence-corrected chi connectivity index (χ2v) is 20.3. The Kier molecular flexibility index (Phi) is 13.1. The van der Waals surface area contributed by atoms with Gasteiger partial charge in [0, 0.05) is 87.6 Å². The lowest BCUT2D eigenvalue weighted by Gasteiger charge is -2.58. The Labute approximate surface area is 419 Å². The first kappa shape index (κ1) is 47.1. The van der Waals surface area contributed by atoms with Crippen molar-refractivity contribution >= 4 is 24.0 Å². The van der Waals surface area contributed by atoms with Crippen molar-refractivity contribution in [1.82, 2.24) is 25.5 Å². The minimum atomic E-state index is -0.621. The third-order valence-corrected chi connectivity index (χ3v) is 15.6. The topological polar surface area (TPSA) is 218 Å². The SMILES string of the molecule is CC(=O)O[C@H]1C[C@@H](c2cc(O)c(O)c(OCCc3cccnc3)c2)O[C@@H]([C@H]2CC#C[C@H]3[C@H](CCC[C@]34NC(NCCCc3ccnc(N)c3)=N[C@@H]3[C@@H]4CCC4C5=CC=NC5=CN43)Oc3cc(ccc3O)C2)C1. The van der Waals surface area contributed by atoms with Crippen LogP contribution < -0.4 is 25.8 Å². The molecule has 10 atom stereocenters. The van der Waals surface area contributed by atoms with Gasteiger partial charge in [0.2, 0.25) is 5.75 Å². The molecule has 72 heavy (non-hydrogen) atoms. The van der Waals surface area contributed by atoms with Gasteiger partial charge in [0.05, 0.1) is 42.0 Å². The minimum Gasteiger partial charge on any atom is -0.504 e. The van der Waals surface area contributed by atoms with Gasteiger partial charge in [0.1, 0.15) is 24.2 Å². The van der Waals surface area contributed by atoms with Gasteiger partial charge in [-0.05, 0) is 122 Å². The van der Waals surface area contributed by atoms with E-state index in [0.717, 1.165) is 73.3 Å². The van der Waals surface area contributed by atoms with Crippen LogP contribution in [0.15, 0.2) is 107 Å². The van der Waals surface area contributed by atoms with Crippen LogP contribution >= 0.6 is 0 Å². The number of ether oxygens (including phenoxy) is 4. The maximum absolute atomic E-state index is 12.6. The van der Waals surface area contributed by atoms with Crippen molar-refractivity contribution in [3.8, 4) is 40.6 Å². The number of phenols is 3. The number of nitrogens with zero attached hydrogens (tertiary/aromatic N) is 5. The smallest absolute Gasteiger partial charge is 0.302 e. The monoisotopic (exact) mass is 974 g/mol. The van der Waals surface area contributed by atoms with E-state index in [0.29, 0.717) is 55.8 Å². The molecular formula is C56H62N8O8. The normalized spacial score (nSPS) is 28.9. The van der Waals surface area contributed by atoms with Crippen molar-refractivity contribution in [2.45, 2.75) is 126 Å². The van der Waals surface area contributed by atoms with Crippen molar-refractivity contribution < 1.29 is 39.1 Å². The molecule has 0 radical (unpaired) electrons. The van der Waals surface area contributed by atoms with Gasteiger partial charge in [0.15, 0.2) is 29.0 Å². The minimum absolute atomic E-state index is 0.0642. The lowest BCUT2D eigenvalue weighted by molar-refractivity contribution is -0.164. The number of piperidine rings is 1. The lowest BCUT2D eigenvalue weighted by atomic mass is 9.60. The van der Waals surface area contributed by atoms with Gasteiger partial charge in [-0.3, -0.25) is 14.8 Å². The van der Waals surface area contributed by atoms with E-state index >= 15 is 0 Å². The summed E-state index contributed by atoms with van der Waals surface area (Å²) in [6.07, 6.45) is 17.7. The highest BCUT2D eigenvalue weighted by Gasteiger charge is 2.59. The molecule has 2 bridgehead atoms. The van der Waals surface area contributed by atoms with Crippen molar-refractivity contribution in [3.63, 3.8) is 0 Å². The molecule has 3 fully saturated rings. The Bertz CT molecular complexity index is 2880. The maximum atomic E-state index is 12.6. The average Bonchev–Trinajstić information content (AvgIpc) is 3.98. The molecular weight excluding hydrogens is 913 g/mol. The number of rotatable bonds is 11. The van der Waals surface area contributed by atoms with E-state index in [2.05, 4.69) is 49.6 Å². The fraction of sp³-hybridized carbons (Fsp3) is 0.446. The Hall–Kier alpha value is -7.25. The zero-order valence-electron chi connectivity index (χ0n) is 40.5. The van der Waals surface area contributed by atoms with Crippen LogP contribution in [0.3, 0.4) is 0 Å². The van der Waals surface area contributed by atoms with Crippen LogP contribution in [0.1, 0.15) is 93.1 Å². The van der Waals surface area contributed by atoms with E-state index in [9.17, 15) is 20.1 Å². The maximum Gasteiger partial charge on any atom is 0.302 e. The summed E-state index contributed by atoms with van der Waals surface area (Å²) in [7, 11) is 0. The molecule has 374 valence electrons. The van der Waals surface area contributed by atoms with Crippen LogP contribution in [0.4, 0.5) is 5.82 Å². The van der Waals surface area contributed by atoms with Gasteiger partial charge >= 0.3 is 5.97 Å². The van der Waals surface area contributed by atoms with Gasteiger partial charge < -0.3 is 55.5 Å². The summed E-state index contributed by atoms with van der Waals surface area (Å²) in [4.78, 5) is 33.5. The van der Waals surface area contributed by atoms with Gasteiger partial charge in [-0.2, -0.15) is 0 Å². The highest BCUT2D eigenvalue weighted by molar-refractivity contribution is 5.83. The third-order valence-electron chi connectivity index (χ3n) is 15.6. The Morgan fingerprint density at radius 1 is 1.03 bits per heavy atom. The number of aromatic nitrogens is 2. The van der Waals surface area contributed by atoms with Crippen LogP contribution in [0, 0.1) is 29.6 Å². The number of aryl methyl sites for hydroxylation is 1. The number of nitrogens with one attached hydrogen (secondary N) is 2. The quantitative estimate of drug-likeness (QED) is 0.0388. The van der Waals surface area contributed by atoms with E-state index < -0.39 is 29.8 Å². The third kappa shape index (κ3) is 9.61. The highest BCUT2D eigenvalue weighted by atomic mass is 16.6. The van der Waals surface area contributed by atoms with Crippen molar-refractivity contribution in [2.24, 2.45) is 27.7 Å². The fourth-order valence-electron chi connectivity index (χ4n) is 12.3. The summed E-state index contributed by atoms with van der Waals surface area (Å²) in [6, 6.07) is 16.7. The molecule has 0 amide bonds. The zero-order valence-corrected chi connectivity index (χ0v) is 40.5. The van der Waals surface area contributed by atoms with Crippen molar-refractivity contribution in [1.29, 1.82) is 0 Å². The number of phenolic OH excluding ortho intramolecular Hbond substituents is 3. The number of benzene rings is 2. The molecule has 1 unspecified atom stereocenters. The van der Waals surface area contributed by atoms with Gasteiger partial charge in [0.25, 0.3) is 0 Å². The molecule has 2 saturated heterocycles. The van der Waals surface area contributed by atoms with E-state index in [4.69, 9.17) is 34.7 Å². The molecule has 4 aromatic rings. The average molecular weight is 975 g/mol. The van der Waals surface area contributed by atoms with Crippen LogP contribution in [-0.4, -0.2) is 97.5 Å². The predicted octanol–water partition coefficient (Wildman–Crippen LogP) is 6.96. The molecule has 7 N–H and O–H groups in total. The first-order valence-corrected chi connectivity index (χ1v) is 25.5. The number of guanidine groups is 1. The molecule has 2 aromatic carbocycles. The zero-order chi connectivity index (χ0) is 49.3. The van der Waals surface area contributed by atoms with E-state index in [1.54, 1.807) is 30.7 Å². The number of carbonyl (C=O) groups is 1. The number of anilines is 1. The molecule has 7 aliphatic rings. The second-order valence-electron chi connectivity index (χ2n) is 20.3. The summed E-state index contributed by atoms with van der Waals surface area (Å²) >= 11 is 0. The standard InChI is InChI=1S/C56H62N8O8/c1-33(65)70-39-29-48(72-49(30-39)38-27-46(67)53(68)51(28-38)69-23-17-35-7-4-19-58-31-35)37-8-2-9-41-47(71-50-25-36(24-37)11-14-45(50)66)10-3-18-56(41)42-12-13-44-40-16-22-59-43(40)32-64(44)54(42)62-55(63-56)61-20-5-6-34-15-21-60-52(57)26-34/h4,7,11,14-16,19,21-22,25-28,31-32,37,39,41-42,44,47-49,54,66-68H,3,5-6,8,10,12-13,17-18,20,23-24,29-30H2,1H3,(H2,57,60)(H2,61,62,63)/t37-,39+,41-,42-,44?,47-,48+,49-,54-,56-/m0/s1. The fourth-order valence-corrected chi connectivity index (χ4v) is 12.3. The van der Waals surface area contributed by atoms with Crippen LogP contribution in [0.25, 0.3) is 0 Å². The summed E-state index contributed by atoms with van der Waals surface area (Å²) in [5.74, 6) is 7.90. The number of esters is 1. The first-order valence-electron chi connectivity index (χ1n) is 25.5. The largest absolute Gasteiger partial charge is 0.504 e. The van der Waals surface area contributed by atoms with Crippen LogP contribution in [-0.2, 0) is 33.5 Å². The number of hydrogen-bond donors (Lipinski definition) is 6. The van der Waals surface area contributed by atoms with Crippen molar-refractivity contribution in [2.75, 3.05) is 18.9 Å². The number of hydrogen-bond acceptors (Lipinski definition) is 16. The highest BCUT2D eigenvalue weighted by Crippen LogP contribution is 2.52. The second kappa shape index (κ2) is 20.1. The molecule has 6 aliphatic heterocycles. The summed E-state index contributed by atoms with van der Waals surface area (Å²) in [5.41, 5.74) is 11.3. The number of aliphatic imine (C=N–C) groups is 2. The Balaban J connectivity index is 0.907. The number of carbonyl (C=O) groups excluding carboxylic acids is 1. The summed E-state index contributed by atoms with van der Waals surface area (Å²) in [6.45, 7) is 2.33. The van der Waals surface area contributed by atoms with Crippen LogP contribution in [0.5, 0.6) is 28.7 Å². The predicted molar refractivity (Wildman–Crippen MR) is 270 cm³/mol. The number of nitrogens with two attached hydrogens (primary N) is 1. The van der Waals surface area contributed by atoms with E-state index in [-0.39, 0.29) is 65.7 Å². The van der Waals surface area contributed by atoms with Crippen LogP contribution in [0.2, 0.25) is 0 Å². The molecule has 1 spiro atoms. The number of aromatic hydroxyl groups is 3. The Morgan fingerprint density at radius 3 is 2.81 bits per heavy atom. The molecule has 16 nitrogen and oxygen atoms in total. The summed E-state index contributed by atoms with van der Waals surface area (Å²) < 4.78 is 26.0. The number of pyridine rings is 2. The van der Waals surface area contributed by atoms with Gasteiger partial charge in [-0.15, -0.1) is 5.92 Å². The van der Waals surface area contributed by atoms with Gasteiger partial charge in [-0.25, -0.2) is 9.98 Å². The molecule has 1 aliphatic carbocycles. The van der Waals surface area contributed by atoms with E-state index in [1.807, 2.05) is 42.6 Å². The molecule has 1 saturated carbocycles. The van der Waals surface area contributed by atoms with Gasteiger partial charge in [-0.1, -0.05) is 18.1 Å². The Morgan fingerprint density at radius 2 is 1.94 bits per heavy atom. The molecule has 2 aromatic heterocycles. The number of allylic oxidation sites excluding steroid dienone is 1. The molecule has 8 heterocycles. The van der Waals surface area contributed by atoms with E-state index in [1.165, 1.54) is 18.6 Å². The number of fused-ring (bicyclic) bond motifs is 10. The molecule has 16 heteroatoms. The lowest BCUT2D eigenvalue weighted by Crippen LogP contribution is -2.72. The molecule has 11 rings (SSSR count). The summed E-state index contributed by atoms with van der Waals surface area (Å²) in [5, 5.41) is 41.1. The first-order chi connectivity index (χ1) is 35.1. The van der Waals surface area contributed by atoms with Crippen molar-refractivity contribution in [3.05, 3.63) is 119 Å².